The number of rotatable bonds is 3. The molecule has 0 unspecified atom stereocenters. The van der Waals surface area contributed by atoms with E-state index in [-0.39, 0.29) is 0 Å². The number of nitrogens with zero attached hydrogens (tertiary/aromatic N) is 4. The summed E-state index contributed by atoms with van der Waals surface area (Å²) in [4.78, 5) is 14.8. The summed E-state index contributed by atoms with van der Waals surface area (Å²) in [6.45, 7) is 4.07. The first-order valence-corrected chi connectivity index (χ1v) is 9.03. The third kappa shape index (κ3) is 2.70. The maximum Gasteiger partial charge on any atom is 0.234 e. The summed E-state index contributed by atoms with van der Waals surface area (Å²) < 4.78 is 3.04. The topological polar surface area (TPSA) is 55.1 Å². The molecule has 0 atom stereocenters. The van der Waals surface area contributed by atoms with Gasteiger partial charge in [0, 0.05) is 27.4 Å². The summed E-state index contributed by atoms with van der Waals surface area (Å²) in [5, 5.41) is 4.23. The van der Waals surface area contributed by atoms with Crippen LogP contribution < -0.4 is 5.32 Å². The van der Waals surface area contributed by atoms with Gasteiger partial charge in [-0.25, -0.2) is 15.0 Å². The zero-order chi connectivity index (χ0) is 16.7. The van der Waals surface area contributed by atoms with Gasteiger partial charge in [0.05, 0.1) is 11.4 Å². The van der Waals surface area contributed by atoms with E-state index in [0.717, 1.165) is 37.3 Å². The van der Waals surface area contributed by atoms with E-state index in [0.29, 0.717) is 5.78 Å². The highest BCUT2D eigenvalue weighted by atomic mass is 79.9. The summed E-state index contributed by atoms with van der Waals surface area (Å²) >= 11 is 5.08. The lowest BCUT2D eigenvalue weighted by Crippen LogP contribution is -1.93. The van der Waals surface area contributed by atoms with Crippen molar-refractivity contribution in [3.05, 3.63) is 57.8 Å². The van der Waals surface area contributed by atoms with Crippen LogP contribution in [0.25, 0.3) is 17.2 Å². The SMILES string of the molecule is Cc1nc2ncccn2c1-c1nc(Nc2ccc(Br)cc2)sc1C. The Morgan fingerprint density at radius 3 is 2.71 bits per heavy atom. The molecule has 0 aliphatic heterocycles. The Kier molecular flexibility index (Phi) is 3.82. The van der Waals surface area contributed by atoms with Gasteiger partial charge >= 0.3 is 0 Å². The number of hydrogen-bond acceptors (Lipinski definition) is 5. The second-order valence-electron chi connectivity index (χ2n) is 5.39. The number of imidazole rings is 1. The number of anilines is 2. The van der Waals surface area contributed by atoms with E-state index >= 15 is 0 Å². The molecule has 4 aromatic rings. The smallest absolute Gasteiger partial charge is 0.234 e. The third-order valence-corrected chi connectivity index (χ3v) is 5.11. The number of nitrogens with one attached hydrogen (secondary N) is 1. The van der Waals surface area contributed by atoms with Crippen LogP contribution in [0.1, 0.15) is 10.6 Å². The van der Waals surface area contributed by atoms with Gasteiger partial charge in [-0.3, -0.25) is 4.40 Å². The van der Waals surface area contributed by atoms with Crippen molar-refractivity contribution in [3.8, 4) is 11.4 Å². The molecule has 4 rings (SSSR count). The van der Waals surface area contributed by atoms with Crippen molar-refractivity contribution in [2.24, 2.45) is 0 Å². The molecule has 0 radical (unpaired) electrons. The number of aromatic nitrogens is 4. The van der Waals surface area contributed by atoms with Crippen molar-refractivity contribution in [1.82, 2.24) is 19.4 Å². The number of aryl methyl sites for hydroxylation is 2. The molecule has 0 spiro atoms. The number of hydrogen-bond donors (Lipinski definition) is 1. The van der Waals surface area contributed by atoms with Gasteiger partial charge in [-0.05, 0) is 44.2 Å². The minimum Gasteiger partial charge on any atom is -0.332 e. The molecule has 0 saturated carbocycles. The highest BCUT2D eigenvalue weighted by molar-refractivity contribution is 9.10. The molecule has 0 fully saturated rings. The van der Waals surface area contributed by atoms with Gasteiger partial charge in [-0.15, -0.1) is 11.3 Å². The lowest BCUT2D eigenvalue weighted by molar-refractivity contribution is 1.10. The number of halogens is 1. The quantitative estimate of drug-likeness (QED) is 0.527. The Bertz CT molecular complexity index is 1020. The molecule has 1 aromatic carbocycles. The highest BCUT2D eigenvalue weighted by Gasteiger charge is 2.17. The van der Waals surface area contributed by atoms with Crippen LogP contribution in [0.3, 0.4) is 0 Å². The molecular weight excluding hydrogens is 386 g/mol. The lowest BCUT2D eigenvalue weighted by atomic mass is 10.2. The lowest BCUT2D eigenvalue weighted by Gasteiger charge is -2.02. The van der Waals surface area contributed by atoms with Gasteiger partial charge in [0.1, 0.15) is 5.69 Å². The summed E-state index contributed by atoms with van der Waals surface area (Å²) in [6, 6.07) is 9.95. The molecule has 0 bridgehead atoms. The second kappa shape index (κ2) is 5.99. The van der Waals surface area contributed by atoms with Crippen LogP contribution in [0.2, 0.25) is 0 Å². The Morgan fingerprint density at radius 1 is 1.12 bits per heavy atom. The average molecular weight is 400 g/mol. The van der Waals surface area contributed by atoms with Gasteiger partial charge < -0.3 is 5.32 Å². The van der Waals surface area contributed by atoms with Gasteiger partial charge in [-0.2, -0.15) is 0 Å². The Labute approximate surface area is 151 Å². The van der Waals surface area contributed by atoms with Crippen LogP contribution >= 0.6 is 27.3 Å². The van der Waals surface area contributed by atoms with E-state index in [1.807, 2.05) is 47.9 Å². The molecule has 0 amide bonds. The average Bonchev–Trinajstić information content (AvgIpc) is 3.08. The van der Waals surface area contributed by atoms with Gasteiger partial charge in [0.15, 0.2) is 5.13 Å². The number of benzene rings is 1. The second-order valence-corrected chi connectivity index (χ2v) is 7.51. The fourth-order valence-electron chi connectivity index (χ4n) is 2.61. The van der Waals surface area contributed by atoms with Crippen molar-refractivity contribution in [3.63, 3.8) is 0 Å². The maximum absolute atomic E-state index is 4.79. The summed E-state index contributed by atoms with van der Waals surface area (Å²) in [5.74, 6) is 0.694. The minimum absolute atomic E-state index is 0.694. The number of fused-ring (bicyclic) bond motifs is 1. The predicted molar refractivity (Wildman–Crippen MR) is 101 cm³/mol. The van der Waals surface area contributed by atoms with E-state index < -0.39 is 0 Å². The van der Waals surface area contributed by atoms with Gasteiger partial charge in [0.2, 0.25) is 5.78 Å². The maximum atomic E-state index is 4.79. The van der Waals surface area contributed by atoms with Crippen LogP contribution in [-0.2, 0) is 0 Å². The zero-order valence-corrected chi connectivity index (χ0v) is 15.5. The molecule has 3 heterocycles. The minimum atomic E-state index is 0.694. The first-order chi connectivity index (χ1) is 11.6. The van der Waals surface area contributed by atoms with Crippen LogP contribution in [-0.4, -0.2) is 19.4 Å². The Hall–Kier alpha value is -2.25. The Morgan fingerprint density at radius 2 is 1.92 bits per heavy atom. The first-order valence-electron chi connectivity index (χ1n) is 7.42. The van der Waals surface area contributed by atoms with Crippen molar-refractivity contribution in [2.75, 3.05) is 5.32 Å². The first kappa shape index (κ1) is 15.3. The molecule has 7 heteroatoms. The molecular formula is C17H14BrN5S. The fraction of sp³-hybridized carbons (Fsp3) is 0.118. The van der Waals surface area contributed by atoms with E-state index in [4.69, 9.17) is 4.98 Å². The molecule has 1 N–H and O–H groups in total. The number of thiazole rings is 1. The molecule has 0 aliphatic carbocycles. The normalized spacial score (nSPS) is 11.1. The molecule has 24 heavy (non-hydrogen) atoms. The van der Waals surface area contributed by atoms with E-state index in [9.17, 15) is 0 Å². The van der Waals surface area contributed by atoms with Gasteiger partial charge in [-0.1, -0.05) is 15.9 Å². The van der Waals surface area contributed by atoms with Crippen LogP contribution in [0.4, 0.5) is 10.8 Å². The molecule has 120 valence electrons. The third-order valence-electron chi connectivity index (χ3n) is 3.69. The van der Waals surface area contributed by atoms with Crippen molar-refractivity contribution in [1.29, 1.82) is 0 Å². The summed E-state index contributed by atoms with van der Waals surface area (Å²) in [5.41, 5.74) is 3.88. The largest absolute Gasteiger partial charge is 0.332 e. The predicted octanol–water partition coefficient (Wildman–Crippen LogP) is 4.98. The highest BCUT2D eigenvalue weighted by Crippen LogP contribution is 2.33. The molecule has 5 nitrogen and oxygen atoms in total. The van der Waals surface area contributed by atoms with E-state index in [1.165, 1.54) is 0 Å². The summed E-state index contributed by atoms with van der Waals surface area (Å²) in [6.07, 6.45) is 3.72. The van der Waals surface area contributed by atoms with Crippen LogP contribution in [0, 0.1) is 13.8 Å². The van der Waals surface area contributed by atoms with E-state index in [1.54, 1.807) is 17.5 Å². The van der Waals surface area contributed by atoms with Crippen molar-refractivity contribution < 1.29 is 0 Å². The van der Waals surface area contributed by atoms with Gasteiger partial charge in [0.25, 0.3) is 0 Å². The molecule has 3 aromatic heterocycles. The summed E-state index contributed by atoms with van der Waals surface area (Å²) in [7, 11) is 0. The fourth-order valence-corrected chi connectivity index (χ4v) is 3.71. The monoisotopic (exact) mass is 399 g/mol. The van der Waals surface area contributed by atoms with Crippen molar-refractivity contribution >= 4 is 43.9 Å². The standard InChI is InChI=1S/C17H14BrN5S/c1-10-15(23-9-3-8-19-16(23)20-10)14-11(2)24-17(22-14)21-13-6-4-12(18)5-7-13/h3-9H,1-2H3,(H,21,22). The van der Waals surface area contributed by atoms with Crippen LogP contribution in [0.15, 0.2) is 47.2 Å². The zero-order valence-electron chi connectivity index (χ0n) is 13.1. The van der Waals surface area contributed by atoms with Crippen LogP contribution in [0.5, 0.6) is 0 Å². The van der Waals surface area contributed by atoms with E-state index in [2.05, 4.69) is 38.1 Å². The molecule has 0 aliphatic rings. The van der Waals surface area contributed by atoms with Crippen molar-refractivity contribution in [2.45, 2.75) is 13.8 Å². The Balaban J connectivity index is 1.75. The molecule has 0 saturated heterocycles.